The molecule has 2 aromatic carbocycles. The second-order valence-electron chi connectivity index (χ2n) is 5.45. The first-order valence-corrected chi connectivity index (χ1v) is 8.14. The minimum atomic E-state index is -0.607. The second-order valence-corrected chi connectivity index (χ2v) is 7.53. The van der Waals surface area contributed by atoms with E-state index in [9.17, 15) is 4.39 Å². The van der Waals surface area contributed by atoms with Gasteiger partial charge in [-0.1, -0.05) is 17.7 Å². The summed E-state index contributed by atoms with van der Waals surface area (Å²) in [6, 6.07) is 8.19. The number of hydrogen-bond donors (Lipinski definition) is 1. The number of benzene rings is 2. The average Bonchev–Trinajstić information content (AvgIpc) is 2.49. The van der Waals surface area contributed by atoms with Crippen LogP contribution in [0.2, 0.25) is 5.02 Å². The van der Waals surface area contributed by atoms with Crippen molar-refractivity contribution in [3.63, 3.8) is 0 Å². The number of thioether (sulfide) groups is 1. The number of ether oxygens (including phenoxy) is 2. The zero-order valence-electron chi connectivity index (χ0n) is 13.4. The first-order chi connectivity index (χ1) is 10.8. The molecular formula is C17H19ClFNO2S. The van der Waals surface area contributed by atoms with Crippen LogP contribution in [0.4, 0.5) is 10.1 Å². The average molecular weight is 356 g/mol. The van der Waals surface area contributed by atoms with Gasteiger partial charge in [0, 0.05) is 16.4 Å². The molecule has 6 heteroatoms. The van der Waals surface area contributed by atoms with Gasteiger partial charge in [-0.3, -0.25) is 0 Å². The lowest BCUT2D eigenvalue weighted by molar-refractivity contribution is 0.398. The fourth-order valence-corrected chi connectivity index (χ4v) is 3.81. The quantitative estimate of drug-likeness (QED) is 0.598. The fourth-order valence-electron chi connectivity index (χ4n) is 2.37. The molecule has 0 heterocycles. The summed E-state index contributed by atoms with van der Waals surface area (Å²) in [5, 5.41) is 0.424. The Balaban J connectivity index is 2.49. The molecule has 23 heavy (non-hydrogen) atoms. The third kappa shape index (κ3) is 3.67. The topological polar surface area (TPSA) is 44.5 Å². The van der Waals surface area contributed by atoms with E-state index in [1.54, 1.807) is 31.4 Å². The van der Waals surface area contributed by atoms with E-state index in [1.165, 1.54) is 24.9 Å². The predicted octanol–water partition coefficient (Wildman–Crippen LogP) is 5.11. The van der Waals surface area contributed by atoms with Crippen molar-refractivity contribution in [3.05, 3.63) is 46.7 Å². The van der Waals surface area contributed by atoms with Crippen molar-refractivity contribution in [2.45, 2.75) is 23.5 Å². The summed E-state index contributed by atoms with van der Waals surface area (Å²) in [7, 11) is 3.09. The van der Waals surface area contributed by atoms with E-state index < -0.39 is 4.75 Å². The largest absolute Gasteiger partial charge is 0.496 e. The summed E-state index contributed by atoms with van der Waals surface area (Å²) in [4.78, 5) is 0.782. The van der Waals surface area contributed by atoms with Gasteiger partial charge in [-0.15, -0.1) is 11.8 Å². The lowest BCUT2D eigenvalue weighted by Gasteiger charge is -2.28. The Morgan fingerprint density at radius 3 is 2.39 bits per heavy atom. The van der Waals surface area contributed by atoms with Gasteiger partial charge >= 0.3 is 0 Å². The summed E-state index contributed by atoms with van der Waals surface area (Å²) in [6.45, 7) is 3.84. The van der Waals surface area contributed by atoms with Crippen LogP contribution in [0.5, 0.6) is 11.5 Å². The lowest BCUT2D eigenvalue weighted by Crippen LogP contribution is -2.16. The van der Waals surface area contributed by atoms with Crippen molar-refractivity contribution in [2.75, 3.05) is 20.0 Å². The summed E-state index contributed by atoms with van der Waals surface area (Å²) in [5.74, 6) is 0.781. The molecule has 2 aromatic rings. The Kier molecular flexibility index (Phi) is 5.32. The number of halogens is 2. The van der Waals surface area contributed by atoms with E-state index in [0.29, 0.717) is 27.8 Å². The van der Waals surface area contributed by atoms with Crippen molar-refractivity contribution in [2.24, 2.45) is 0 Å². The fraction of sp³-hybridized carbons (Fsp3) is 0.294. The van der Waals surface area contributed by atoms with Crippen molar-refractivity contribution in [1.82, 2.24) is 0 Å². The molecule has 124 valence electrons. The molecule has 0 radical (unpaired) electrons. The Morgan fingerprint density at radius 2 is 1.78 bits per heavy atom. The molecule has 2 N–H and O–H groups in total. The molecule has 0 unspecified atom stereocenters. The van der Waals surface area contributed by atoms with E-state index in [0.717, 1.165) is 4.90 Å². The van der Waals surface area contributed by atoms with Crippen LogP contribution in [0.25, 0.3) is 0 Å². The van der Waals surface area contributed by atoms with E-state index in [2.05, 4.69) is 0 Å². The minimum Gasteiger partial charge on any atom is -0.496 e. The maximum atomic E-state index is 14.4. The Labute approximate surface area is 144 Å². The van der Waals surface area contributed by atoms with Gasteiger partial charge in [-0.05, 0) is 32.0 Å². The standard InChI is InChI=1S/C17H19ClFNO2S/c1-17(2,16-11(19)6-5-7-13(16)21-3)23-15-9-12(20)10(18)8-14(15)22-4/h5-9H,20H2,1-4H3. The van der Waals surface area contributed by atoms with Crippen LogP contribution in [0, 0.1) is 5.82 Å². The molecule has 0 saturated heterocycles. The Morgan fingerprint density at radius 1 is 1.13 bits per heavy atom. The summed E-state index contributed by atoms with van der Waals surface area (Å²) < 4.78 is 24.5. The predicted molar refractivity (Wildman–Crippen MR) is 94.3 cm³/mol. The van der Waals surface area contributed by atoms with E-state index in [1.807, 2.05) is 13.8 Å². The molecular weight excluding hydrogens is 337 g/mol. The van der Waals surface area contributed by atoms with Crippen molar-refractivity contribution in [1.29, 1.82) is 0 Å². The zero-order chi connectivity index (χ0) is 17.2. The maximum absolute atomic E-state index is 14.4. The molecule has 3 nitrogen and oxygen atoms in total. The molecule has 0 aliphatic rings. The molecule has 0 amide bonds. The number of methoxy groups -OCH3 is 2. The lowest BCUT2D eigenvalue weighted by atomic mass is 10.0. The number of rotatable bonds is 5. The molecule has 2 rings (SSSR count). The van der Waals surface area contributed by atoms with Gasteiger partial charge in [-0.2, -0.15) is 0 Å². The number of anilines is 1. The van der Waals surface area contributed by atoms with Crippen LogP contribution in [0.3, 0.4) is 0 Å². The Bertz CT molecular complexity index is 722. The molecule has 0 aliphatic heterocycles. The third-order valence-corrected chi connectivity index (χ3v) is 5.03. The Hall–Kier alpha value is -1.59. The van der Waals surface area contributed by atoms with Gasteiger partial charge in [0.2, 0.25) is 0 Å². The molecule has 0 atom stereocenters. The van der Waals surface area contributed by atoms with Gasteiger partial charge in [0.1, 0.15) is 17.3 Å². The molecule has 0 saturated carbocycles. The van der Waals surface area contributed by atoms with Crippen LogP contribution in [-0.4, -0.2) is 14.2 Å². The van der Waals surface area contributed by atoms with Crippen molar-refractivity contribution < 1.29 is 13.9 Å². The first kappa shape index (κ1) is 17.8. The molecule has 0 bridgehead atoms. The minimum absolute atomic E-state index is 0.317. The van der Waals surface area contributed by atoms with Crippen molar-refractivity contribution >= 4 is 29.1 Å². The van der Waals surface area contributed by atoms with Gasteiger partial charge in [0.15, 0.2) is 0 Å². The highest BCUT2D eigenvalue weighted by molar-refractivity contribution is 8.00. The second kappa shape index (κ2) is 6.89. The SMILES string of the molecule is COc1cc(Cl)c(N)cc1SC(C)(C)c1c(F)cccc1OC. The zero-order valence-corrected chi connectivity index (χ0v) is 15.0. The van der Waals surface area contributed by atoms with Crippen LogP contribution in [-0.2, 0) is 4.75 Å². The van der Waals surface area contributed by atoms with Crippen LogP contribution in [0.1, 0.15) is 19.4 Å². The van der Waals surface area contributed by atoms with Crippen molar-refractivity contribution in [3.8, 4) is 11.5 Å². The van der Waals surface area contributed by atoms with Crippen LogP contribution >= 0.6 is 23.4 Å². The highest BCUT2D eigenvalue weighted by Crippen LogP contribution is 2.49. The van der Waals surface area contributed by atoms with Crippen LogP contribution < -0.4 is 15.2 Å². The summed E-state index contributed by atoms with van der Waals surface area (Å²) >= 11 is 7.46. The number of nitrogen functional groups attached to an aromatic ring is 1. The number of nitrogens with two attached hydrogens (primary N) is 1. The molecule has 0 aromatic heterocycles. The van der Waals surface area contributed by atoms with Gasteiger partial charge in [0.05, 0.1) is 29.8 Å². The monoisotopic (exact) mass is 355 g/mol. The highest BCUT2D eigenvalue weighted by Gasteiger charge is 2.30. The molecule has 0 fully saturated rings. The smallest absolute Gasteiger partial charge is 0.134 e. The van der Waals surface area contributed by atoms with Gasteiger partial charge in [0.25, 0.3) is 0 Å². The third-order valence-electron chi connectivity index (χ3n) is 3.45. The molecule has 0 spiro atoms. The summed E-state index contributed by atoms with van der Waals surface area (Å²) in [6.07, 6.45) is 0. The van der Waals surface area contributed by atoms with Crippen LogP contribution in [0.15, 0.2) is 35.2 Å². The first-order valence-electron chi connectivity index (χ1n) is 6.95. The molecule has 0 aliphatic carbocycles. The highest BCUT2D eigenvalue weighted by atomic mass is 35.5. The number of hydrogen-bond acceptors (Lipinski definition) is 4. The summed E-state index contributed by atoms with van der Waals surface area (Å²) in [5.41, 5.74) is 6.83. The van der Waals surface area contributed by atoms with E-state index >= 15 is 0 Å². The van der Waals surface area contributed by atoms with E-state index in [4.69, 9.17) is 26.8 Å². The van der Waals surface area contributed by atoms with Gasteiger partial charge < -0.3 is 15.2 Å². The van der Waals surface area contributed by atoms with Gasteiger partial charge in [-0.25, -0.2) is 4.39 Å². The normalized spacial score (nSPS) is 11.4. The van der Waals surface area contributed by atoms with E-state index in [-0.39, 0.29) is 5.82 Å². The maximum Gasteiger partial charge on any atom is 0.134 e.